The van der Waals surface area contributed by atoms with Crippen LogP contribution >= 0.6 is 0 Å². The van der Waals surface area contributed by atoms with E-state index in [-0.39, 0.29) is 0 Å². The second-order valence-electron chi connectivity index (χ2n) is 5.96. The molecule has 2 spiro atoms. The average Bonchev–Trinajstić information content (AvgIpc) is 2.39. The van der Waals surface area contributed by atoms with Gasteiger partial charge in [0.1, 0.15) is 0 Å². The molecule has 5 aliphatic carbocycles. The zero-order valence-corrected chi connectivity index (χ0v) is 7.73. The lowest BCUT2D eigenvalue weighted by Crippen LogP contribution is -2.39. The van der Waals surface area contributed by atoms with E-state index >= 15 is 0 Å². The van der Waals surface area contributed by atoms with Gasteiger partial charge in [-0.15, -0.1) is 0 Å². The predicted octanol–water partition coefficient (Wildman–Crippen LogP) is 2.36. The van der Waals surface area contributed by atoms with Crippen molar-refractivity contribution in [3.05, 3.63) is 0 Å². The highest BCUT2D eigenvalue weighted by atomic mass is 16.5. The Balaban J connectivity index is 1.85. The van der Waals surface area contributed by atoms with Crippen LogP contribution in [-0.4, -0.2) is 12.7 Å². The first-order valence-electron chi connectivity index (χ1n) is 5.27. The summed E-state index contributed by atoms with van der Waals surface area (Å²) >= 11 is 0. The van der Waals surface area contributed by atoms with E-state index in [0.29, 0.717) is 5.60 Å². The van der Waals surface area contributed by atoms with Gasteiger partial charge in [-0.1, -0.05) is 0 Å². The maximum Gasteiger partial charge on any atom is 0.0692 e. The minimum absolute atomic E-state index is 0.361. The molecule has 0 aliphatic heterocycles. The maximum atomic E-state index is 5.76. The summed E-state index contributed by atoms with van der Waals surface area (Å²) < 4.78 is 5.76. The van der Waals surface area contributed by atoms with Gasteiger partial charge in [-0.05, 0) is 55.3 Å². The molecular weight excluding hydrogens is 148 g/mol. The quantitative estimate of drug-likeness (QED) is 0.578. The molecular formula is C11H16O. The number of hydrogen-bond acceptors (Lipinski definition) is 1. The molecule has 0 aromatic carbocycles. The van der Waals surface area contributed by atoms with Gasteiger partial charge in [-0.2, -0.15) is 0 Å². The van der Waals surface area contributed by atoms with Crippen LogP contribution in [0.25, 0.3) is 0 Å². The van der Waals surface area contributed by atoms with E-state index in [1.807, 2.05) is 7.11 Å². The van der Waals surface area contributed by atoms with Crippen molar-refractivity contribution in [3.63, 3.8) is 0 Å². The highest BCUT2D eigenvalue weighted by Crippen LogP contribution is 2.88. The van der Waals surface area contributed by atoms with Gasteiger partial charge < -0.3 is 4.74 Å². The van der Waals surface area contributed by atoms with Crippen molar-refractivity contribution in [1.29, 1.82) is 0 Å². The molecule has 1 nitrogen and oxygen atoms in total. The van der Waals surface area contributed by atoms with Crippen molar-refractivity contribution in [2.45, 2.75) is 44.1 Å². The Morgan fingerprint density at radius 1 is 1.00 bits per heavy atom. The standard InChI is InChI=1S/C11H16O/c1-12-11-4-8-2-9(6-11)5-10(9,3-8)7-11/h8H,2-7H2,1H3. The summed E-state index contributed by atoms with van der Waals surface area (Å²) in [5, 5.41) is 0. The third kappa shape index (κ3) is 0.433. The van der Waals surface area contributed by atoms with Gasteiger partial charge in [0.15, 0.2) is 0 Å². The molecule has 2 atom stereocenters. The van der Waals surface area contributed by atoms with Crippen LogP contribution in [0.1, 0.15) is 38.5 Å². The normalized spacial score (nSPS) is 70.2. The summed E-state index contributed by atoms with van der Waals surface area (Å²) in [6, 6.07) is 0. The summed E-state index contributed by atoms with van der Waals surface area (Å²) in [7, 11) is 1.93. The van der Waals surface area contributed by atoms with Crippen LogP contribution in [0.2, 0.25) is 0 Å². The summed E-state index contributed by atoms with van der Waals surface area (Å²) in [6.45, 7) is 0. The second kappa shape index (κ2) is 1.39. The molecule has 0 amide bonds. The molecule has 0 radical (unpaired) electrons. The van der Waals surface area contributed by atoms with Gasteiger partial charge in [-0.3, -0.25) is 0 Å². The average molecular weight is 164 g/mol. The number of rotatable bonds is 1. The highest BCUT2D eigenvalue weighted by Gasteiger charge is 2.81. The summed E-state index contributed by atoms with van der Waals surface area (Å²) in [5.74, 6) is 1.04. The van der Waals surface area contributed by atoms with Gasteiger partial charge >= 0.3 is 0 Å². The Morgan fingerprint density at radius 3 is 2.17 bits per heavy atom. The van der Waals surface area contributed by atoms with E-state index in [0.717, 1.165) is 16.7 Å². The topological polar surface area (TPSA) is 9.23 Å². The monoisotopic (exact) mass is 164 g/mol. The zero-order chi connectivity index (χ0) is 8.03. The van der Waals surface area contributed by atoms with E-state index in [4.69, 9.17) is 4.74 Å². The van der Waals surface area contributed by atoms with Crippen molar-refractivity contribution in [1.82, 2.24) is 0 Å². The first kappa shape index (κ1) is 6.42. The molecule has 0 aromatic rings. The molecule has 0 heterocycles. The Labute approximate surface area is 73.5 Å². The molecule has 12 heavy (non-hydrogen) atoms. The van der Waals surface area contributed by atoms with Crippen molar-refractivity contribution in [2.24, 2.45) is 16.7 Å². The third-order valence-corrected chi connectivity index (χ3v) is 5.45. The third-order valence-electron chi connectivity index (χ3n) is 5.45. The first-order valence-corrected chi connectivity index (χ1v) is 5.27. The molecule has 2 unspecified atom stereocenters. The second-order valence-corrected chi connectivity index (χ2v) is 5.96. The van der Waals surface area contributed by atoms with Crippen LogP contribution in [0.15, 0.2) is 0 Å². The summed E-state index contributed by atoms with van der Waals surface area (Å²) in [6.07, 6.45) is 8.87. The lowest BCUT2D eigenvalue weighted by molar-refractivity contribution is -0.0731. The van der Waals surface area contributed by atoms with Crippen molar-refractivity contribution >= 4 is 0 Å². The smallest absolute Gasteiger partial charge is 0.0692 e. The zero-order valence-electron chi connectivity index (χ0n) is 7.73. The lowest BCUT2D eigenvalue weighted by Gasteiger charge is -2.42. The van der Waals surface area contributed by atoms with Crippen molar-refractivity contribution < 1.29 is 4.74 Å². The highest BCUT2D eigenvalue weighted by molar-refractivity contribution is 5.31. The fourth-order valence-corrected chi connectivity index (χ4v) is 5.34. The van der Waals surface area contributed by atoms with Crippen molar-refractivity contribution in [3.8, 4) is 0 Å². The minimum atomic E-state index is 0.361. The summed E-state index contributed by atoms with van der Waals surface area (Å²) in [5.41, 5.74) is 1.98. The molecule has 5 rings (SSSR count). The predicted molar refractivity (Wildman–Crippen MR) is 45.8 cm³/mol. The Kier molecular flexibility index (Phi) is 0.744. The maximum absolute atomic E-state index is 5.76. The number of methoxy groups -OCH3 is 1. The van der Waals surface area contributed by atoms with Crippen molar-refractivity contribution in [2.75, 3.05) is 7.11 Å². The molecule has 0 aromatic heterocycles. The number of hydrogen-bond donors (Lipinski definition) is 0. The molecule has 0 saturated heterocycles. The van der Waals surface area contributed by atoms with E-state index in [9.17, 15) is 0 Å². The van der Waals surface area contributed by atoms with Gasteiger partial charge in [0.25, 0.3) is 0 Å². The minimum Gasteiger partial charge on any atom is -0.378 e. The molecule has 5 aliphatic rings. The fraction of sp³-hybridized carbons (Fsp3) is 1.00. The Bertz CT molecular complexity index is 252. The van der Waals surface area contributed by atoms with Gasteiger partial charge in [-0.25, -0.2) is 0 Å². The molecule has 0 N–H and O–H groups in total. The van der Waals surface area contributed by atoms with Gasteiger partial charge in [0, 0.05) is 7.11 Å². The van der Waals surface area contributed by atoms with Crippen LogP contribution in [-0.2, 0) is 4.74 Å². The number of ether oxygens (including phenoxy) is 1. The van der Waals surface area contributed by atoms with Gasteiger partial charge in [0.05, 0.1) is 5.60 Å². The van der Waals surface area contributed by atoms with Gasteiger partial charge in [0.2, 0.25) is 0 Å². The summed E-state index contributed by atoms with van der Waals surface area (Å²) in [4.78, 5) is 0. The van der Waals surface area contributed by atoms with Crippen LogP contribution < -0.4 is 0 Å². The van der Waals surface area contributed by atoms with E-state index in [1.54, 1.807) is 19.3 Å². The lowest BCUT2D eigenvalue weighted by atomic mass is 9.71. The molecule has 1 heteroatoms. The van der Waals surface area contributed by atoms with Crippen LogP contribution in [0.4, 0.5) is 0 Å². The van der Waals surface area contributed by atoms with Crippen LogP contribution in [0.5, 0.6) is 0 Å². The van der Waals surface area contributed by atoms with E-state index in [1.165, 1.54) is 19.3 Å². The largest absolute Gasteiger partial charge is 0.378 e. The van der Waals surface area contributed by atoms with E-state index in [2.05, 4.69) is 0 Å². The Morgan fingerprint density at radius 2 is 1.67 bits per heavy atom. The molecule has 66 valence electrons. The Hall–Kier alpha value is -0.0400. The first-order chi connectivity index (χ1) is 5.72. The molecule has 4 bridgehead atoms. The molecule has 5 fully saturated rings. The molecule has 5 saturated carbocycles. The fourth-order valence-electron chi connectivity index (χ4n) is 5.34. The SMILES string of the molecule is COC12CC3CC4(C1)CC4(C3)C2. The van der Waals surface area contributed by atoms with Crippen LogP contribution in [0, 0.1) is 16.7 Å². The van der Waals surface area contributed by atoms with Crippen LogP contribution in [0.3, 0.4) is 0 Å². The van der Waals surface area contributed by atoms with E-state index < -0.39 is 0 Å².